The second kappa shape index (κ2) is 9.38. The first-order chi connectivity index (χ1) is 16.3. The Balaban J connectivity index is 2.20. The Labute approximate surface area is 218 Å². The van der Waals surface area contributed by atoms with Crippen LogP contribution < -0.4 is 0 Å². The molecule has 2 aromatic rings. The standard InChI is InChI=1S/C28H37BrN2O3S/c1-15(2)19-12-22(16(3)4)27(35(32,33)34)28(14-19,17(5)6)26-23-13-24(29)20-10-8-9-11-21(20)25(23)30-18(7)31-26/h12-17,27H,8-11H2,1-7H3,(H,32,33,34). The van der Waals surface area contributed by atoms with Crippen LogP contribution in [-0.4, -0.2) is 28.2 Å². The second-order valence-corrected chi connectivity index (χ2v) is 13.5. The molecule has 0 bridgehead atoms. The van der Waals surface area contributed by atoms with Gasteiger partial charge in [0.05, 0.1) is 16.6 Å². The van der Waals surface area contributed by atoms with E-state index in [1.165, 1.54) is 11.1 Å². The summed E-state index contributed by atoms with van der Waals surface area (Å²) in [5.41, 5.74) is 4.89. The van der Waals surface area contributed by atoms with Crippen molar-refractivity contribution in [2.45, 2.75) is 84.8 Å². The van der Waals surface area contributed by atoms with Gasteiger partial charge in [-0.2, -0.15) is 8.42 Å². The molecule has 35 heavy (non-hydrogen) atoms. The fourth-order valence-electron chi connectivity index (χ4n) is 6.02. The van der Waals surface area contributed by atoms with Crippen LogP contribution in [0, 0.1) is 24.7 Å². The van der Waals surface area contributed by atoms with E-state index in [0.29, 0.717) is 11.5 Å². The van der Waals surface area contributed by atoms with E-state index in [1.54, 1.807) is 0 Å². The molecular weight excluding hydrogens is 524 g/mol. The van der Waals surface area contributed by atoms with Crippen LogP contribution >= 0.6 is 15.9 Å². The summed E-state index contributed by atoms with van der Waals surface area (Å²) in [6, 6.07) is 2.08. The van der Waals surface area contributed by atoms with E-state index in [1.807, 2.05) is 40.7 Å². The molecule has 0 fully saturated rings. The van der Waals surface area contributed by atoms with Crippen molar-refractivity contribution in [1.29, 1.82) is 0 Å². The zero-order chi connectivity index (χ0) is 25.9. The number of benzene rings is 1. The molecule has 2 atom stereocenters. The first kappa shape index (κ1) is 26.5. The maximum Gasteiger partial charge on any atom is 0.272 e. The van der Waals surface area contributed by atoms with Gasteiger partial charge in [0.25, 0.3) is 10.1 Å². The number of aromatic nitrogens is 2. The van der Waals surface area contributed by atoms with Gasteiger partial charge in [-0.3, -0.25) is 4.55 Å². The molecule has 0 saturated carbocycles. The van der Waals surface area contributed by atoms with Crippen molar-refractivity contribution in [3.63, 3.8) is 0 Å². The highest BCUT2D eigenvalue weighted by molar-refractivity contribution is 9.10. The lowest BCUT2D eigenvalue weighted by atomic mass is 9.63. The molecule has 0 saturated heterocycles. The maximum absolute atomic E-state index is 13.2. The Morgan fingerprint density at radius 2 is 1.66 bits per heavy atom. The third kappa shape index (κ3) is 4.42. The van der Waals surface area contributed by atoms with Crippen LogP contribution in [0.1, 0.15) is 77.0 Å². The monoisotopic (exact) mass is 560 g/mol. The molecule has 1 N–H and O–H groups in total. The Hall–Kier alpha value is -1.57. The van der Waals surface area contributed by atoms with Crippen molar-refractivity contribution in [3.05, 3.63) is 56.5 Å². The lowest BCUT2D eigenvalue weighted by Crippen LogP contribution is -2.51. The van der Waals surface area contributed by atoms with E-state index in [9.17, 15) is 13.0 Å². The number of fused-ring (bicyclic) bond motifs is 3. The average Bonchev–Trinajstić information content (AvgIpc) is 2.77. The summed E-state index contributed by atoms with van der Waals surface area (Å²) in [7, 11) is -4.46. The summed E-state index contributed by atoms with van der Waals surface area (Å²) in [5, 5.41) is -0.250. The van der Waals surface area contributed by atoms with Crippen molar-refractivity contribution in [1.82, 2.24) is 9.97 Å². The van der Waals surface area contributed by atoms with Gasteiger partial charge < -0.3 is 0 Å². The molecule has 4 rings (SSSR count). The van der Waals surface area contributed by atoms with Crippen molar-refractivity contribution < 1.29 is 13.0 Å². The van der Waals surface area contributed by atoms with Gasteiger partial charge in [0.1, 0.15) is 11.1 Å². The van der Waals surface area contributed by atoms with Crippen LogP contribution in [0.5, 0.6) is 0 Å². The zero-order valence-electron chi connectivity index (χ0n) is 21.8. The summed E-state index contributed by atoms with van der Waals surface area (Å²) in [6.07, 6.45) is 8.28. The largest absolute Gasteiger partial charge is 0.285 e. The zero-order valence-corrected chi connectivity index (χ0v) is 24.2. The highest BCUT2D eigenvalue weighted by atomic mass is 79.9. The summed E-state index contributed by atoms with van der Waals surface area (Å²) < 4.78 is 38.2. The number of halogens is 1. The Morgan fingerprint density at radius 3 is 2.20 bits per heavy atom. The van der Waals surface area contributed by atoms with Gasteiger partial charge in [-0.1, -0.05) is 69.6 Å². The molecular formula is C28H37BrN2O3S. The molecule has 0 aliphatic heterocycles. The van der Waals surface area contributed by atoms with Gasteiger partial charge >= 0.3 is 0 Å². The molecule has 2 aliphatic carbocycles. The predicted octanol–water partition coefficient (Wildman–Crippen LogP) is 6.91. The van der Waals surface area contributed by atoms with E-state index >= 15 is 0 Å². The Kier molecular flexibility index (Phi) is 7.10. The van der Waals surface area contributed by atoms with Crippen LogP contribution in [0.3, 0.4) is 0 Å². The quantitative estimate of drug-likeness (QED) is 0.402. The van der Waals surface area contributed by atoms with Crippen molar-refractivity contribution in [2.75, 3.05) is 0 Å². The number of rotatable bonds is 5. The summed E-state index contributed by atoms with van der Waals surface area (Å²) >= 11 is 3.81. The molecule has 2 aliphatic rings. The number of nitrogens with zero attached hydrogens (tertiary/aromatic N) is 2. The van der Waals surface area contributed by atoms with Gasteiger partial charge in [0, 0.05) is 9.86 Å². The number of allylic oxidation sites excluding steroid dienone is 3. The minimum absolute atomic E-state index is 0.0591. The van der Waals surface area contributed by atoms with Crippen LogP contribution in [0.15, 0.2) is 33.8 Å². The van der Waals surface area contributed by atoms with E-state index in [0.717, 1.165) is 52.2 Å². The van der Waals surface area contributed by atoms with Crippen LogP contribution in [0.4, 0.5) is 0 Å². The fraction of sp³-hybridized carbons (Fsp3) is 0.571. The summed E-state index contributed by atoms with van der Waals surface area (Å²) in [6.45, 7) is 14.2. The highest BCUT2D eigenvalue weighted by Crippen LogP contribution is 2.51. The predicted molar refractivity (Wildman–Crippen MR) is 146 cm³/mol. The highest BCUT2D eigenvalue weighted by Gasteiger charge is 2.54. The van der Waals surface area contributed by atoms with Gasteiger partial charge in [-0.05, 0) is 78.7 Å². The molecule has 2 unspecified atom stereocenters. The minimum Gasteiger partial charge on any atom is -0.285 e. The summed E-state index contributed by atoms with van der Waals surface area (Å²) in [5.74, 6) is 0.601. The first-order valence-corrected chi connectivity index (χ1v) is 15.0. The molecule has 0 spiro atoms. The Morgan fingerprint density at radius 1 is 1.03 bits per heavy atom. The number of aryl methyl sites for hydroxylation is 2. The van der Waals surface area contributed by atoms with Crippen molar-refractivity contribution in [2.24, 2.45) is 17.8 Å². The SMILES string of the molecule is Cc1nc(C2(C(C)C)C=C(C(C)C)C=C(C(C)C)C2S(=O)(=O)O)c2cc(Br)c3c(c2n1)CCCC3. The van der Waals surface area contributed by atoms with Crippen LogP contribution in [-0.2, 0) is 28.4 Å². The van der Waals surface area contributed by atoms with E-state index in [4.69, 9.17) is 9.97 Å². The molecule has 1 aromatic carbocycles. The summed E-state index contributed by atoms with van der Waals surface area (Å²) in [4.78, 5) is 9.87. The van der Waals surface area contributed by atoms with E-state index in [-0.39, 0.29) is 17.8 Å². The third-order valence-corrected chi connectivity index (χ3v) is 9.81. The molecule has 1 heterocycles. The molecule has 0 amide bonds. The Bertz CT molecular complexity index is 1340. The molecule has 1 aromatic heterocycles. The minimum atomic E-state index is -4.46. The maximum atomic E-state index is 13.2. The third-order valence-electron chi connectivity index (χ3n) is 7.84. The van der Waals surface area contributed by atoms with Crippen molar-refractivity contribution in [3.8, 4) is 0 Å². The van der Waals surface area contributed by atoms with Gasteiger partial charge in [-0.25, -0.2) is 9.97 Å². The molecule has 190 valence electrons. The number of hydrogen-bond donors (Lipinski definition) is 1. The van der Waals surface area contributed by atoms with Crippen molar-refractivity contribution >= 4 is 37.0 Å². The lowest BCUT2D eigenvalue weighted by Gasteiger charge is -2.45. The second-order valence-electron chi connectivity index (χ2n) is 11.1. The van der Waals surface area contributed by atoms with E-state index in [2.05, 4.69) is 41.9 Å². The molecule has 0 radical (unpaired) electrons. The molecule has 5 nitrogen and oxygen atoms in total. The topological polar surface area (TPSA) is 80.2 Å². The van der Waals surface area contributed by atoms with Crippen LogP contribution in [0.2, 0.25) is 0 Å². The molecule has 7 heteroatoms. The van der Waals surface area contributed by atoms with Gasteiger partial charge in [0.15, 0.2) is 0 Å². The van der Waals surface area contributed by atoms with Gasteiger partial charge in [-0.15, -0.1) is 0 Å². The number of hydrogen-bond acceptors (Lipinski definition) is 4. The average molecular weight is 562 g/mol. The lowest BCUT2D eigenvalue weighted by molar-refractivity contribution is 0.337. The normalized spacial score (nSPS) is 23.1. The van der Waals surface area contributed by atoms with Gasteiger partial charge in [0.2, 0.25) is 0 Å². The van der Waals surface area contributed by atoms with Crippen LogP contribution in [0.25, 0.3) is 10.9 Å². The smallest absolute Gasteiger partial charge is 0.272 e. The first-order valence-electron chi connectivity index (χ1n) is 12.7. The van der Waals surface area contributed by atoms with E-state index < -0.39 is 20.8 Å². The fourth-order valence-corrected chi connectivity index (χ4v) is 8.31.